The van der Waals surface area contributed by atoms with Gasteiger partial charge in [0, 0.05) is 38.2 Å². The summed E-state index contributed by atoms with van der Waals surface area (Å²) >= 11 is 0. The van der Waals surface area contributed by atoms with Crippen LogP contribution in [0.4, 0.5) is 0 Å². The normalized spacial score (nSPS) is 20.2. The van der Waals surface area contributed by atoms with E-state index in [2.05, 4.69) is 0 Å². The van der Waals surface area contributed by atoms with Gasteiger partial charge in [-0.05, 0) is 55.4 Å². The van der Waals surface area contributed by atoms with E-state index in [9.17, 15) is 14.7 Å². The highest BCUT2D eigenvalue weighted by molar-refractivity contribution is 5.94. The molecule has 25 heavy (non-hydrogen) atoms. The second-order valence-electron chi connectivity index (χ2n) is 7.33. The first-order valence-electron chi connectivity index (χ1n) is 8.92. The summed E-state index contributed by atoms with van der Waals surface area (Å²) in [6, 6.07) is 4.95. The summed E-state index contributed by atoms with van der Waals surface area (Å²) < 4.78 is 0. The number of piperidine rings is 2. The molecule has 6 nitrogen and oxygen atoms in total. The number of aliphatic hydroxyl groups is 1. The van der Waals surface area contributed by atoms with Crippen LogP contribution < -0.4 is 0 Å². The van der Waals surface area contributed by atoms with Crippen molar-refractivity contribution in [2.24, 2.45) is 5.41 Å². The lowest BCUT2D eigenvalue weighted by Gasteiger charge is -2.47. The molecule has 3 rings (SSSR count). The lowest BCUT2D eigenvalue weighted by molar-refractivity contribution is -0.139. The van der Waals surface area contributed by atoms with Crippen LogP contribution in [-0.2, 0) is 4.79 Å². The Morgan fingerprint density at radius 3 is 2.60 bits per heavy atom. The Hall–Kier alpha value is -2.08. The number of phenols is 1. The standard InChI is InChI=1S/C19H26N2O4/c1-14-12-15(2-3-16(14)23)18(25)20-8-6-19(7-9-20)5-4-17(24)21(13-19)10-11-22/h2-3,12,22-23H,4-11,13H2,1H3. The van der Waals surface area contributed by atoms with Gasteiger partial charge in [0.2, 0.25) is 5.91 Å². The summed E-state index contributed by atoms with van der Waals surface area (Å²) in [4.78, 5) is 28.3. The van der Waals surface area contributed by atoms with Crippen molar-refractivity contribution >= 4 is 11.8 Å². The molecular formula is C19H26N2O4. The number of likely N-dealkylation sites (tertiary alicyclic amines) is 2. The van der Waals surface area contributed by atoms with Gasteiger partial charge in [0.05, 0.1) is 6.61 Å². The monoisotopic (exact) mass is 346 g/mol. The summed E-state index contributed by atoms with van der Waals surface area (Å²) in [5.74, 6) is 0.319. The highest BCUT2D eigenvalue weighted by Crippen LogP contribution is 2.40. The fourth-order valence-electron chi connectivity index (χ4n) is 3.99. The summed E-state index contributed by atoms with van der Waals surface area (Å²) in [6.07, 6.45) is 3.16. The van der Waals surface area contributed by atoms with E-state index in [0.717, 1.165) is 19.3 Å². The van der Waals surface area contributed by atoms with Gasteiger partial charge >= 0.3 is 0 Å². The number of carbonyl (C=O) groups is 2. The number of phenolic OH excluding ortho intramolecular Hbond substituents is 1. The molecule has 2 fully saturated rings. The molecule has 1 spiro atoms. The van der Waals surface area contributed by atoms with Crippen LogP contribution in [0.3, 0.4) is 0 Å². The Morgan fingerprint density at radius 2 is 1.96 bits per heavy atom. The number of nitrogens with zero attached hydrogens (tertiary/aromatic N) is 2. The molecule has 2 aliphatic heterocycles. The number of benzene rings is 1. The minimum Gasteiger partial charge on any atom is -0.508 e. The topological polar surface area (TPSA) is 81.1 Å². The number of aryl methyl sites for hydroxylation is 1. The van der Waals surface area contributed by atoms with Crippen molar-refractivity contribution in [3.05, 3.63) is 29.3 Å². The van der Waals surface area contributed by atoms with Crippen molar-refractivity contribution in [3.8, 4) is 5.75 Å². The summed E-state index contributed by atoms with van der Waals surface area (Å²) in [7, 11) is 0. The third-order valence-corrected chi connectivity index (χ3v) is 5.67. The molecule has 1 aromatic rings. The molecule has 0 aromatic heterocycles. The van der Waals surface area contributed by atoms with Gasteiger partial charge in [0.25, 0.3) is 5.91 Å². The Kier molecular flexibility index (Phi) is 4.99. The highest BCUT2D eigenvalue weighted by Gasteiger charge is 2.41. The zero-order valence-electron chi connectivity index (χ0n) is 14.7. The quantitative estimate of drug-likeness (QED) is 0.870. The van der Waals surface area contributed by atoms with Crippen molar-refractivity contribution in [3.63, 3.8) is 0 Å². The average molecular weight is 346 g/mol. The minimum absolute atomic E-state index is 0.00273. The van der Waals surface area contributed by atoms with Crippen molar-refractivity contribution in [1.82, 2.24) is 9.80 Å². The summed E-state index contributed by atoms with van der Waals surface area (Å²) in [6.45, 7) is 4.22. The third kappa shape index (κ3) is 3.63. The predicted octanol–water partition coefficient (Wildman–Crippen LogP) is 1.54. The summed E-state index contributed by atoms with van der Waals surface area (Å²) in [5.41, 5.74) is 1.38. The number of hydrogen-bond acceptors (Lipinski definition) is 4. The molecule has 2 saturated heterocycles. The molecule has 0 saturated carbocycles. The predicted molar refractivity (Wildman–Crippen MR) is 93.3 cm³/mol. The van der Waals surface area contributed by atoms with Gasteiger partial charge < -0.3 is 20.0 Å². The van der Waals surface area contributed by atoms with Gasteiger partial charge in [-0.1, -0.05) is 0 Å². The van der Waals surface area contributed by atoms with E-state index in [1.54, 1.807) is 30.0 Å². The fraction of sp³-hybridized carbons (Fsp3) is 0.579. The van der Waals surface area contributed by atoms with Gasteiger partial charge in [0.1, 0.15) is 5.75 Å². The number of amides is 2. The highest BCUT2D eigenvalue weighted by atomic mass is 16.3. The second-order valence-corrected chi connectivity index (χ2v) is 7.33. The minimum atomic E-state index is -0.00731. The fourth-order valence-corrected chi connectivity index (χ4v) is 3.99. The van der Waals surface area contributed by atoms with E-state index in [4.69, 9.17) is 5.11 Å². The molecular weight excluding hydrogens is 320 g/mol. The van der Waals surface area contributed by atoms with Gasteiger partial charge in [-0.25, -0.2) is 0 Å². The maximum absolute atomic E-state index is 12.7. The van der Waals surface area contributed by atoms with E-state index in [1.165, 1.54) is 0 Å². The smallest absolute Gasteiger partial charge is 0.253 e. The second kappa shape index (κ2) is 7.04. The largest absolute Gasteiger partial charge is 0.508 e. The lowest BCUT2D eigenvalue weighted by atomic mass is 9.72. The molecule has 0 radical (unpaired) electrons. The van der Waals surface area contributed by atoms with Crippen LogP contribution in [0, 0.1) is 12.3 Å². The average Bonchev–Trinajstić information content (AvgIpc) is 2.61. The number of rotatable bonds is 3. The first-order valence-corrected chi connectivity index (χ1v) is 8.92. The Bertz CT molecular complexity index is 665. The zero-order valence-corrected chi connectivity index (χ0v) is 14.7. The first kappa shape index (κ1) is 17.7. The zero-order chi connectivity index (χ0) is 18.0. The Labute approximate surface area is 148 Å². The molecule has 0 bridgehead atoms. The van der Waals surface area contributed by atoms with Crippen molar-refractivity contribution in [2.45, 2.75) is 32.6 Å². The van der Waals surface area contributed by atoms with Crippen LogP contribution in [-0.4, -0.2) is 64.6 Å². The number of hydrogen-bond donors (Lipinski definition) is 2. The van der Waals surface area contributed by atoms with Crippen LogP contribution >= 0.6 is 0 Å². The molecule has 136 valence electrons. The number of β-amino-alcohol motifs (C(OH)–C–C–N with tert-alkyl or cyclic N) is 1. The van der Waals surface area contributed by atoms with E-state index in [-0.39, 0.29) is 29.6 Å². The summed E-state index contributed by atoms with van der Waals surface area (Å²) in [5, 5.41) is 18.8. The maximum Gasteiger partial charge on any atom is 0.253 e. The van der Waals surface area contributed by atoms with Crippen molar-refractivity contribution in [1.29, 1.82) is 0 Å². The molecule has 2 amide bonds. The van der Waals surface area contributed by atoms with Crippen LogP contribution in [0.25, 0.3) is 0 Å². The Morgan fingerprint density at radius 1 is 1.24 bits per heavy atom. The third-order valence-electron chi connectivity index (χ3n) is 5.67. The molecule has 0 aliphatic carbocycles. The molecule has 2 heterocycles. The molecule has 2 aliphatic rings. The SMILES string of the molecule is Cc1cc(C(=O)N2CCC3(CCC(=O)N(CCO)C3)CC2)ccc1O. The van der Waals surface area contributed by atoms with Gasteiger partial charge in [-0.2, -0.15) is 0 Å². The van der Waals surface area contributed by atoms with Crippen LogP contribution in [0.2, 0.25) is 0 Å². The van der Waals surface area contributed by atoms with E-state index in [0.29, 0.717) is 43.7 Å². The van der Waals surface area contributed by atoms with Crippen molar-refractivity contribution < 1.29 is 19.8 Å². The van der Waals surface area contributed by atoms with Crippen LogP contribution in [0.15, 0.2) is 18.2 Å². The first-order chi connectivity index (χ1) is 11.9. The Balaban J connectivity index is 1.64. The van der Waals surface area contributed by atoms with E-state index in [1.807, 2.05) is 4.90 Å². The van der Waals surface area contributed by atoms with Crippen LogP contribution in [0.1, 0.15) is 41.6 Å². The number of aliphatic hydroxyl groups excluding tert-OH is 1. The van der Waals surface area contributed by atoms with Crippen molar-refractivity contribution in [2.75, 3.05) is 32.8 Å². The number of aromatic hydroxyl groups is 1. The molecule has 6 heteroatoms. The van der Waals surface area contributed by atoms with Crippen LogP contribution in [0.5, 0.6) is 5.75 Å². The molecule has 1 aromatic carbocycles. The molecule has 0 unspecified atom stereocenters. The lowest BCUT2D eigenvalue weighted by Crippen LogP contribution is -2.52. The van der Waals surface area contributed by atoms with Gasteiger partial charge in [-0.15, -0.1) is 0 Å². The van der Waals surface area contributed by atoms with E-state index >= 15 is 0 Å². The van der Waals surface area contributed by atoms with Gasteiger partial charge in [0.15, 0.2) is 0 Å². The van der Waals surface area contributed by atoms with Gasteiger partial charge in [-0.3, -0.25) is 9.59 Å². The number of carbonyl (C=O) groups excluding carboxylic acids is 2. The molecule has 2 N–H and O–H groups in total. The molecule has 0 atom stereocenters. The maximum atomic E-state index is 12.7. The van der Waals surface area contributed by atoms with E-state index < -0.39 is 0 Å².